The van der Waals surface area contributed by atoms with Crippen molar-refractivity contribution in [3.8, 4) is 30.4 Å². The first-order chi connectivity index (χ1) is 31.5. The summed E-state index contributed by atoms with van der Waals surface area (Å²) >= 11 is 12.3. The van der Waals surface area contributed by atoms with Crippen LogP contribution in [0.4, 0.5) is 23.0 Å². The van der Waals surface area contributed by atoms with Crippen LogP contribution in [-0.4, -0.2) is 90.4 Å². The van der Waals surface area contributed by atoms with Crippen molar-refractivity contribution in [2.75, 3.05) is 56.6 Å². The number of pyridine rings is 2. The van der Waals surface area contributed by atoms with Crippen LogP contribution < -0.4 is 26.0 Å². The van der Waals surface area contributed by atoms with Gasteiger partial charge in [-0.05, 0) is 72.8 Å². The van der Waals surface area contributed by atoms with Crippen LogP contribution in [0.25, 0.3) is 0 Å². The molecule has 0 aliphatic heterocycles. The first-order valence-electron chi connectivity index (χ1n) is 19.5. The molecule has 0 atom stereocenters. The van der Waals surface area contributed by atoms with Crippen LogP contribution in [0.2, 0.25) is 10.0 Å². The third-order valence-corrected chi connectivity index (χ3v) is 9.78. The van der Waals surface area contributed by atoms with Crippen molar-refractivity contribution in [2.24, 2.45) is 0 Å². The van der Waals surface area contributed by atoms with E-state index >= 15 is 0 Å². The van der Waals surface area contributed by atoms with Crippen molar-refractivity contribution in [1.82, 2.24) is 19.8 Å². The molecule has 6 rings (SSSR count). The summed E-state index contributed by atoms with van der Waals surface area (Å²) < 4.78 is 5.36. The molecule has 68 heavy (non-hydrogen) atoms. The Hall–Kier alpha value is -5.98. The Bertz CT molecular complexity index is 2900. The number of carbonyl (C=O) groups excluding carboxylic acids is 4. The van der Waals surface area contributed by atoms with Gasteiger partial charge in [0.25, 0.3) is 23.6 Å². The van der Waals surface area contributed by atoms with E-state index in [1.165, 1.54) is 37.7 Å². The van der Waals surface area contributed by atoms with Gasteiger partial charge in [-0.25, -0.2) is 9.97 Å². The van der Waals surface area contributed by atoms with Gasteiger partial charge in [-0.2, -0.15) is 0 Å². The van der Waals surface area contributed by atoms with Gasteiger partial charge in [0.1, 0.15) is 29.1 Å². The van der Waals surface area contributed by atoms with Gasteiger partial charge in [0, 0.05) is 166 Å². The normalized spacial score (nSPS) is 9.78. The first kappa shape index (κ1) is 56.3. The number of terminal acetylenes is 2. The Morgan fingerprint density at radius 1 is 0.559 bits per heavy atom. The van der Waals surface area contributed by atoms with Crippen molar-refractivity contribution in [1.29, 1.82) is 10.8 Å². The predicted octanol–water partition coefficient (Wildman–Crippen LogP) is 8.22. The summed E-state index contributed by atoms with van der Waals surface area (Å²) in [6.07, 6.45) is 13.6. The van der Waals surface area contributed by atoms with Crippen LogP contribution in [0.3, 0.4) is 0 Å². The van der Waals surface area contributed by atoms with Gasteiger partial charge < -0.3 is 35.8 Å². The topological polar surface area (TPSA) is 206 Å². The first-order valence-corrected chi connectivity index (χ1v) is 20.3. The second-order valence-electron chi connectivity index (χ2n) is 14.3. The Morgan fingerprint density at radius 2 is 0.985 bits per heavy atom. The van der Waals surface area contributed by atoms with Crippen molar-refractivity contribution in [3.63, 3.8) is 0 Å². The van der Waals surface area contributed by atoms with Gasteiger partial charge >= 0.3 is 0 Å². The number of benzene rings is 4. The van der Waals surface area contributed by atoms with E-state index in [-0.39, 0.29) is 109 Å². The molecule has 0 unspecified atom stereocenters. The standard InChI is InChI=1S/C25H22ClN5O3.C24H20ClN5O2.2Ar/c1-5-15-6-11-21(28-14-15)29-25(33)19-12-18(26)13-20(34-4)22(19)30-24(32)17-9-7-16(8-10-17)23(27)31(2)3;1-4-15-5-12-21(27-14-15)29-24(32)19-13-18(25)10-11-20(19)28-23(31)17-8-6-16(7-9-17)22(26)30(2)3;;/h1,6-14,27H,2-4H3,(H,30,32)(H,28,29,33);1,5-14,26H,2-3H3,(H,28,31)(H,27,29,32);;. The average Bonchev–Trinajstić information content (AvgIpc) is 3.32. The summed E-state index contributed by atoms with van der Waals surface area (Å²) in [4.78, 5) is 63.1. The molecule has 0 bridgehead atoms. The number of aromatic nitrogens is 2. The smallest absolute Gasteiger partial charge is 0.259 e. The number of amidine groups is 2. The maximum absolute atomic E-state index is 13.0. The number of halogens is 2. The van der Waals surface area contributed by atoms with Gasteiger partial charge in [-0.3, -0.25) is 30.0 Å². The molecule has 2 heterocycles. The minimum atomic E-state index is -0.549. The van der Waals surface area contributed by atoms with Crippen LogP contribution in [0.5, 0.6) is 5.75 Å². The van der Waals surface area contributed by atoms with Gasteiger partial charge in [0.15, 0.2) is 0 Å². The molecule has 0 aliphatic rings. The summed E-state index contributed by atoms with van der Waals surface area (Å²) in [6.45, 7) is 0. The molecule has 0 radical (unpaired) electrons. The van der Waals surface area contributed by atoms with Gasteiger partial charge in [-0.15, -0.1) is 12.8 Å². The maximum Gasteiger partial charge on any atom is 0.259 e. The third-order valence-electron chi connectivity index (χ3n) is 9.32. The SMILES string of the molecule is C#Cc1ccc(NC(=O)c2cc(Cl)cc(OC)c2NC(=O)c2ccc(C(=N)N(C)C)cc2)nc1.C#Cc1ccc(NC(=O)c2cc(Cl)ccc2NC(=O)c2ccc(C(=N)N(C)C)cc2)nc1.[Ar].[Ar]. The van der Waals surface area contributed by atoms with Crippen molar-refractivity contribution in [2.45, 2.75) is 0 Å². The Kier molecular flexibility index (Phi) is 22.0. The largest absolute Gasteiger partial charge is 0.494 e. The van der Waals surface area contributed by atoms with Gasteiger partial charge in [0.2, 0.25) is 0 Å². The van der Waals surface area contributed by atoms with E-state index in [2.05, 4.69) is 43.1 Å². The second-order valence-corrected chi connectivity index (χ2v) is 15.2. The fourth-order valence-electron chi connectivity index (χ4n) is 5.79. The third kappa shape index (κ3) is 15.3. The summed E-state index contributed by atoms with van der Waals surface area (Å²) in [5, 5.41) is 27.4. The maximum atomic E-state index is 13.0. The van der Waals surface area contributed by atoms with E-state index in [0.717, 1.165) is 0 Å². The number of anilines is 4. The van der Waals surface area contributed by atoms with E-state index in [4.69, 9.17) is 51.6 Å². The molecule has 0 fully saturated rings. The molecule has 4 aromatic carbocycles. The molecule has 6 N–H and O–H groups in total. The monoisotopic (exact) mass is 1000 g/mol. The van der Waals surface area contributed by atoms with Crippen LogP contribution in [0.15, 0.2) is 116 Å². The number of rotatable bonds is 11. The van der Waals surface area contributed by atoms with Gasteiger partial charge in [-0.1, -0.05) is 59.3 Å². The molecule has 348 valence electrons. The minimum Gasteiger partial charge on any atom is -0.494 e. The zero-order valence-electron chi connectivity index (χ0n) is 36.9. The Balaban J connectivity index is 0.000000351. The molecule has 19 heteroatoms. The minimum absolute atomic E-state index is 0. The molecule has 4 amide bonds. The summed E-state index contributed by atoms with van der Waals surface area (Å²) in [5.74, 6) is 4.45. The number of amides is 4. The van der Waals surface area contributed by atoms with Crippen molar-refractivity contribution in [3.05, 3.63) is 170 Å². The Morgan fingerprint density at radius 3 is 1.40 bits per heavy atom. The van der Waals surface area contributed by atoms with E-state index in [1.54, 1.807) is 123 Å². The molecule has 0 saturated carbocycles. The van der Waals surface area contributed by atoms with E-state index < -0.39 is 23.6 Å². The zero-order valence-corrected chi connectivity index (χ0v) is 39.8. The number of nitrogens with zero attached hydrogens (tertiary/aromatic N) is 4. The van der Waals surface area contributed by atoms with Gasteiger partial charge in [0.05, 0.1) is 29.6 Å². The quantitative estimate of drug-likeness (QED) is 0.0420. The zero-order chi connectivity index (χ0) is 48.1. The molecular formula is C49H42Ar2Cl2N10O5. The molecule has 15 nitrogen and oxygen atoms in total. The molecule has 0 spiro atoms. The molecule has 2 aromatic heterocycles. The molecule has 0 aliphatic carbocycles. The van der Waals surface area contributed by atoms with Crippen LogP contribution in [0, 0.1) is 111 Å². The number of hydrogen-bond acceptors (Lipinski definition) is 9. The van der Waals surface area contributed by atoms with E-state index in [9.17, 15) is 19.2 Å². The van der Waals surface area contributed by atoms with Crippen molar-refractivity contribution >= 4 is 81.5 Å². The molecule has 0 saturated heterocycles. The molecule has 6 aromatic rings. The van der Waals surface area contributed by atoms with E-state index in [0.29, 0.717) is 61.6 Å². The van der Waals surface area contributed by atoms with E-state index in [1.807, 2.05) is 0 Å². The summed E-state index contributed by atoms with van der Waals surface area (Å²) in [6, 6.07) is 27.1. The summed E-state index contributed by atoms with van der Waals surface area (Å²) in [7, 11) is 8.48. The number of nitrogens with one attached hydrogen (secondary N) is 6. The number of carbonyl (C=O) groups is 4. The number of ether oxygens (including phenoxy) is 1. The average molecular weight is 1000 g/mol. The van der Waals surface area contributed by atoms with Crippen LogP contribution in [0.1, 0.15) is 63.7 Å². The van der Waals surface area contributed by atoms with Crippen molar-refractivity contribution < 1.29 is 99.4 Å². The summed E-state index contributed by atoms with van der Waals surface area (Å²) in [5.41, 5.74) is 3.94. The predicted molar refractivity (Wildman–Crippen MR) is 260 cm³/mol. The second kappa shape index (κ2) is 26.5. The van der Waals surface area contributed by atoms with Crippen LogP contribution in [-0.2, 0) is 0 Å². The number of hydrogen-bond donors (Lipinski definition) is 6. The fraction of sp³-hybridized carbons (Fsp3) is 0.102. The number of methoxy groups -OCH3 is 1. The fourth-order valence-corrected chi connectivity index (χ4v) is 6.17. The molecular weight excluding hydrogens is 959 g/mol. The van der Waals surface area contributed by atoms with Crippen LogP contribution >= 0.6 is 23.2 Å². The Labute approximate surface area is 463 Å².